The highest BCUT2D eigenvalue weighted by atomic mass is 16.5. The summed E-state index contributed by atoms with van der Waals surface area (Å²) in [5, 5.41) is 4.05. The Balaban J connectivity index is 2.10. The topological polar surface area (TPSA) is 74.2 Å². The molecule has 1 saturated carbocycles. The lowest BCUT2D eigenvalue weighted by Gasteiger charge is -2.23. The molecule has 18 heavy (non-hydrogen) atoms. The van der Waals surface area contributed by atoms with E-state index in [9.17, 15) is 0 Å². The molecule has 0 aliphatic heterocycles. The largest absolute Gasteiger partial charge is 0.368 e. The molecule has 0 bridgehead atoms. The van der Waals surface area contributed by atoms with E-state index in [2.05, 4.69) is 10.1 Å². The third-order valence-electron chi connectivity index (χ3n) is 3.55. The molecule has 2 unspecified atom stereocenters. The first-order valence-electron chi connectivity index (χ1n) is 6.76. The van der Waals surface area contributed by atoms with Crippen LogP contribution >= 0.6 is 0 Å². The Morgan fingerprint density at radius 2 is 2.22 bits per heavy atom. The van der Waals surface area contributed by atoms with Gasteiger partial charge in [-0.05, 0) is 40.0 Å². The van der Waals surface area contributed by atoms with Crippen LogP contribution < -0.4 is 5.73 Å². The van der Waals surface area contributed by atoms with Gasteiger partial charge in [0.25, 0.3) is 0 Å². The Labute approximate surface area is 108 Å². The summed E-state index contributed by atoms with van der Waals surface area (Å²) in [6.45, 7) is 6.50. The highest BCUT2D eigenvalue weighted by molar-refractivity contribution is 5.02. The number of rotatable bonds is 4. The maximum atomic E-state index is 5.99. The van der Waals surface area contributed by atoms with Gasteiger partial charge in [-0.1, -0.05) is 11.6 Å². The fraction of sp³-hybridized carbons (Fsp3) is 0.846. The molecular weight excluding hydrogens is 230 g/mol. The molecular formula is C13H23N3O2. The molecule has 102 valence electrons. The van der Waals surface area contributed by atoms with Crippen LogP contribution in [0, 0.1) is 0 Å². The van der Waals surface area contributed by atoms with Crippen molar-refractivity contribution < 1.29 is 9.26 Å². The average molecular weight is 253 g/mol. The molecule has 2 atom stereocenters. The molecule has 5 nitrogen and oxygen atoms in total. The highest BCUT2D eigenvalue weighted by Gasteiger charge is 2.30. The van der Waals surface area contributed by atoms with E-state index in [0.717, 1.165) is 25.7 Å². The van der Waals surface area contributed by atoms with E-state index in [0.29, 0.717) is 24.2 Å². The van der Waals surface area contributed by atoms with Crippen LogP contribution in [0.5, 0.6) is 0 Å². The number of ether oxygens (including phenoxy) is 1. The van der Waals surface area contributed by atoms with E-state index in [1.165, 1.54) is 0 Å². The molecule has 0 spiro atoms. The van der Waals surface area contributed by atoms with Crippen LogP contribution in [0.2, 0.25) is 0 Å². The first-order valence-corrected chi connectivity index (χ1v) is 6.76. The van der Waals surface area contributed by atoms with Crippen LogP contribution in [0.15, 0.2) is 4.52 Å². The van der Waals surface area contributed by atoms with Crippen LogP contribution in [0.25, 0.3) is 0 Å². The third-order valence-corrected chi connectivity index (χ3v) is 3.55. The van der Waals surface area contributed by atoms with Gasteiger partial charge in [-0.15, -0.1) is 0 Å². The monoisotopic (exact) mass is 253 g/mol. The molecule has 1 aromatic rings. The number of hydrogen-bond donors (Lipinski definition) is 1. The fourth-order valence-electron chi connectivity index (χ4n) is 2.52. The lowest BCUT2D eigenvalue weighted by molar-refractivity contribution is -0.0221. The summed E-state index contributed by atoms with van der Waals surface area (Å²) in [5.41, 5.74) is 5.50. The zero-order chi connectivity index (χ0) is 13.2. The number of aromatic nitrogens is 2. The first-order chi connectivity index (χ1) is 8.53. The summed E-state index contributed by atoms with van der Waals surface area (Å²) in [5.74, 6) is 1.65. The zero-order valence-corrected chi connectivity index (χ0v) is 11.5. The van der Waals surface area contributed by atoms with Crippen LogP contribution in [0.4, 0.5) is 0 Å². The third kappa shape index (κ3) is 2.90. The molecule has 0 aromatic carbocycles. The minimum absolute atomic E-state index is 0.263. The Hall–Kier alpha value is -0.940. The average Bonchev–Trinajstić information content (AvgIpc) is 2.78. The van der Waals surface area contributed by atoms with E-state index in [1.54, 1.807) is 0 Å². The van der Waals surface area contributed by atoms with Gasteiger partial charge in [-0.2, -0.15) is 4.98 Å². The van der Waals surface area contributed by atoms with Gasteiger partial charge in [0.15, 0.2) is 0 Å². The summed E-state index contributed by atoms with van der Waals surface area (Å²) >= 11 is 0. The van der Waals surface area contributed by atoms with Crippen molar-refractivity contribution in [3.05, 3.63) is 11.7 Å². The Bertz CT molecular complexity index is 389. The van der Waals surface area contributed by atoms with Crippen molar-refractivity contribution in [2.75, 3.05) is 6.61 Å². The lowest BCUT2D eigenvalue weighted by Crippen LogP contribution is -2.27. The van der Waals surface area contributed by atoms with Crippen molar-refractivity contribution in [3.8, 4) is 0 Å². The minimum Gasteiger partial charge on any atom is -0.368 e. The van der Waals surface area contributed by atoms with E-state index >= 15 is 0 Å². The first kappa shape index (κ1) is 13.5. The standard InChI is InChI=1S/C13H23N3O2/c1-4-17-13(2,3)12-15-11(18-16-12)9-6-5-7-10(14)8-9/h9-10H,4-8,14H2,1-3H3. The second-order valence-electron chi connectivity index (χ2n) is 5.52. The van der Waals surface area contributed by atoms with Crippen molar-refractivity contribution >= 4 is 0 Å². The van der Waals surface area contributed by atoms with Gasteiger partial charge in [0.1, 0.15) is 5.60 Å². The van der Waals surface area contributed by atoms with Gasteiger partial charge in [0.2, 0.25) is 11.7 Å². The summed E-state index contributed by atoms with van der Waals surface area (Å²) in [4.78, 5) is 4.50. The summed E-state index contributed by atoms with van der Waals surface area (Å²) in [7, 11) is 0. The van der Waals surface area contributed by atoms with Crippen LogP contribution in [0.1, 0.15) is 64.1 Å². The van der Waals surface area contributed by atoms with E-state index < -0.39 is 5.60 Å². The van der Waals surface area contributed by atoms with Gasteiger partial charge in [-0.3, -0.25) is 0 Å². The van der Waals surface area contributed by atoms with E-state index in [4.69, 9.17) is 15.0 Å². The van der Waals surface area contributed by atoms with E-state index in [1.807, 2.05) is 20.8 Å². The van der Waals surface area contributed by atoms with Gasteiger partial charge in [0.05, 0.1) is 0 Å². The predicted molar refractivity (Wildman–Crippen MR) is 68.1 cm³/mol. The van der Waals surface area contributed by atoms with Gasteiger partial charge < -0.3 is 15.0 Å². The molecule has 1 heterocycles. The van der Waals surface area contributed by atoms with Gasteiger partial charge >= 0.3 is 0 Å². The molecule has 1 aliphatic carbocycles. The van der Waals surface area contributed by atoms with Crippen LogP contribution in [0.3, 0.4) is 0 Å². The van der Waals surface area contributed by atoms with E-state index in [-0.39, 0.29) is 6.04 Å². The lowest BCUT2D eigenvalue weighted by atomic mass is 9.86. The van der Waals surface area contributed by atoms with Crippen molar-refractivity contribution in [1.29, 1.82) is 0 Å². The molecule has 5 heteroatoms. The Kier molecular flexibility index (Phi) is 4.02. The molecule has 2 N–H and O–H groups in total. The minimum atomic E-state index is -0.493. The SMILES string of the molecule is CCOC(C)(C)c1noc(C2CCCC(N)C2)n1. The van der Waals surface area contributed by atoms with Gasteiger partial charge in [-0.25, -0.2) is 0 Å². The second-order valence-corrected chi connectivity index (χ2v) is 5.52. The van der Waals surface area contributed by atoms with Crippen molar-refractivity contribution in [2.24, 2.45) is 5.73 Å². The summed E-state index contributed by atoms with van der Waals surface area (Å²) < 4.78 is 11.0. The molecule has 0 radical (unpaired) electrons. The molecule has 0 saturated heterocycles. The number of nitrogens with two attached hydrogens (primary N) is 1. The molecule has 1 aliphatic rings. The molecule has 0 amide bonds. The summed E-state index contributed by atoms with van der Waals surface area (Å²) in [6.07, 6.45) is 4.27. The summed E-state index contributed by atoms with van der Waals surface area (Å²) in [6, 6.07) is 0.263. The predicted octanol–water partition coefficient (Wildman–Crippen LogP) is 2.33. The molecule has 1 aromatic heterocycles. The maximum absolute atomic E-state index is 5.99. The number of nitrogens with zero attached hydrogens (tertiary/aromatic N) is 2. The zero-order valence-electron chi connectivity index (χ0n) is 11.5. The van der Waals surface area contributed by atoms with Gasteiger partial charge in [0, 0.05) is 18.6 Å². The number of hydrogen-bond acceptors (Lipinski definition) is 5. The second kappa shape index (κ2) is 5.36. The van der Waals surface area contributed by atoms with Crippen LogP contribution in [-0.2, 0) is 10.3 Å². The highest BCUT2D eigenvalue weighted by Crippen LogP contribution is 2.32. The maximum Gasteiger partial charge on any atom is 0.229 e. The quantitative estimate of drug-likeness (QED) is 0.891. The fourth-order valence-corrected chi connectivity index (χ4v) is 2.52. The van der Waals surface area contributed by atoms with Crippen molar-refractivity contribution in [2.45, 2.75) is 64.0 Å². The van der Waals surface area contributed by atoms with Crippen molar-refractivity contribution in [1.82, 2.24) is 10.1 Å². The molecule has 2 rings (SSSR count). The van der Waals surface area contributed by atoms with Crippen LogP contribution in [-0.4, -0.2) is 22.8 Å². The smallest absolute Gasteiger partial charge is 0.229 e. The Morgan fingerprint density at radius 1 is 1.44 bits per heavy atom. The molecule has 1 fully saturated rings. The Morgan fingerprint density at radius 3 is 2.89 bits per heavy atom. The normalized spacial score (nSPS) is 25.3. The van der Waals surface area contributed by atoms with Crippen molar-refractivity contribution in [3.63, 3.8) is 0 Å².